The van der Waals surface area contributed by atoms with Crippen molar-refractivity contribution in [1.82, 2.24) is 0 Å². The van der Waals surface area contributed by atoms with Crippen molar-refractivity contribution in [2.45, 2.75) is 12.6 Å². The first-order valence-corrected chi connectivity index (χ1v) is 8.87. The number of carbonyl (C=O) groups is 2. The number of anilines is 2. The molecule has 1 aliphatic rings. The zero-order valence-electron chi connectivity index (χ0n) is 15.2. The van der Waals surface area contributed by atoms with Crippen LogP contribution in [0.15, 0.2) is 84.9 Å². The predicted molar refractivity (Wildman–Crippen MR) is 107 cm³/mol. The molecule has 0 aliphatic carbocycles. The number of hydrogen-bond donors (Lipinski definition) is 0. The molecule has 1 aliphatic heterocycles. The molecule has 5 nitrogen and oxygen atoms in total. The molecule has 0 saturated carbocycles. The molecular weight excluding hydrogens is 350 g/mol. The van der Waals surface area contributed by atoms with Gasteiger partial charge in [-0.25, -0.2) is 0 Å². The summed E-state index contributed by atoms with van der Waals surface area (Å²) in [7, 11) is 0. The zero-order chi connectivity index (χ0) is 19.7. The first kappa shape index (κ1) is 17.5. The monoisotopic (exact) mass is 367 g/mol. The first-order valence-electron chi connectivity index (χ1n) is 8.87. The van der Waals surface area contributed by atoms with Crippen LogP contribution in [-0.2, 0) is 0 Å². The highest BCUT2D eigenvalue weighted by atomic mass is 16.2. The Labute approximate surface area is 163 Å². The Kier molecular flexibility index (Phi) is 4.17. The molecule has 2 amide bonds. The third-order valence-corrected chi connectivity index (χ3v) is 4.89. The summed E-state index contributed by atoms with van der Waals surface area (Å²) < 4.78 is 0. The van der Waals surface area contributed by atoms with Crippen molar-refractivity contribution in [1.29, 1.82) is 5.26 Å². The van der Waals surface area contributed by atoms with Gasteiger partial charge in [0.05, 0.1) is 11.4 Å². The van der Waals surface area contributed by atoms with Crippen molar-refractivity contribution in [2.24, 2.45) is 0 Å². The van der Waals surface area contributed by atoms with Crippen LogP contribution in [0.5, 0.6) is 0 Å². The highest BCUT2D eigenvalue weighted by Gasteiger charge is 2.52. The normalized spacial score (nSPS) is 14.3. The fourth-order valence-electron chi connectivity index (χ4n) is 3.55. The molecule has 5 heteroatoms. The van der Waals surface area contributed by atoms with Crippen LogP contribution in [0.3, 0.4) is 0 Å². The first-order chi connectivity index (χ1) is 13.6. The highest BCUT2D eigenvalue weighted by Crippen LogP contribution is 2.46. The molecule has 136 valence electrons. The van der Waals surface area contributed by atoms with Crippen molar-refractivity contribution >= 4 is 23.2 Å². The summed E-state index contributed by atoms with van der Waals surface area (Å²) in [6, 6.07) is 26.8. The molecular formula is C23H17N3O2. The molecule has 0 bridgehead atoms. The van der Waals surface area contributed by atoms with Crippen LogP contribution < -0.4 is 9.80 Å². The van der Waals surface area contributed by atoms with Crippen molar-refractivity contribution in [3.05, 3.63) is 96.1 Å². The number of para-hydroxylation sites is 2. The van der Waals surface area contributed by atoms with E-state index in [0.717, 1.165) is 0 Å². The molecule has 28 heavy (non-hydrogen) atoms. The summed E-state index contributed by atoms with van der Waals surface area (Å²) in [5, 5.41) is 10.1. The van der Waals surface area contributed by atoms with Gasteiger partial charge in [-0.2, -0.15) is 5.26 Å². The maximum Gasteiger partial charge on any atom is 0.261 e. The summed E-state index contributed by atoms with van der Waals surface area (Å²) >= 11 is 0. The number of carbonyl (C=O) groups excluding carboxylic acids is 2. The van der Waals surface area contributed by atoms with E-state index in [1.54, 1.807) is 79.7 Å². The Hall–Kier alpha value is -3.91. The van der Waals surface area contributed by atoms with E-state index in [9.17, 15) is 14.9 Å². The summed E-state index contributed by atoms with van der Waals surface area (Å²) in [4.78, 5) is 29.5. The summed E-state index contributed by atoms with van der Waals surface area (Å²) in [5.41, 5.74) is 0.471. The van der Waals surface area contributed by atoms with Crippen molar-refractivity contribution in [3.8, 4) is 6.07 Å². The maximum atomic E-state index is 13.3. The third-order valence-electron chi connectivity index (χ3n) is 4.89. The van der Waals surface area contributed by atoms with Crippen LogP contribution >= 0.6 is 0 Å². The second kappa shape index (κ2) is 6.67. The number of benzene rings is 3. The van der Waals surface area contributed by atoms with Crippen LogP contribution in [0.2, 0.25) is 0 Å². The molecule has 0 fully saturated rings. The molecule has 0 aromatic heterocycles. The molecule has 4 rings (SSSR count). The Morgan fingerprint density at radius 1 is 0.714 bits per heavy atom. The summed E-state index contributed by atoms with van der Waals surface area (Å²) in [6.45, 7) is 1.59. The third kappa shape index (κ3) is 2.55. The Morgan fingerprint density at radius 3 is 1.43 bits per heavy atom. The summed E-state index contributed by atoms with van der Waals surface area (Å²) in [6.07, 6.45) is 0. The lowest BCUT2D eigenvalue weighted by atomic mass is 10.1. The van der Waals surface area contributed by atoms with Crippen LogP contribution in [-0.4, -0.2) is 17.5 Å². The molecule has 0 radical (unpaired) electrons. The maximum absolute atomic E-state index is 13.3. The van der Waals surface area contributed by atoms with E-state index in [1.165, 1.54) is 9.80 Å². The van der Waals surface area contributed by atoms with E-state index >= 15 is 0 Å². The van der Waals surface area contributed by atoms with Gasteiger partial charge in [-0.05, 0) is 43.3 Å². The van der Waals surface area contributed by atoms with Gasteiger partial charge in [0.25, 0.3) is 11.8 Å². The van der Waals surface area contributed by atoms with Gasteiger partial charge in [-0.3, -0.25) is 19.4 Å². The van der Waals surface area contributed by atoms with Crippen LogP contribution in [0.1, 0.15) is 27.6 Å². The van der Waals surface area contributed by atoms with Gasteiger partial charge in [0.2, 0.25) is 5.66 Å². The number of hydrogen-bond acceptors (Lipinski definition) is 3. The topological polar surface area (TPSA) is 64.4 Å². The molecule has 0 spiro atoms. The number of fused-ring (bicyclic) bond motifs is 1. The SMILES string of the molecule is CC1(C#N)N(C(=O)c2ccccc2)c2ccccc2N1C(=O)c1ccccc1. The lowest BCUT2D eigenvalue weighted by Gasteiger charge is -2.35. The number of nitriles is 1. The Morgan fingerprint density at radius 2 is 1.07 bits per heavy atom. The van der Waals surface area contributed by atoms with Gasteiger partial charge in [-0.15, -0.1) is 0 Å². The lowest BCUT2D eigenvalue weighted by molar-refractivity contribution is 0.0944. The molecule has 0 saturated heterocycles. The molecule has 3 aromatic rings. The Bertz CT molecular complexity index is 1010. The van der Waals surface area contributed by atoms with Crippen molar-refractivity contribution in [3.63, 3.8) is 0 Å². The van der Waals surface area contributed by atoms with Crippen molar-refractivity contribution < 1.29 is 9.59 Å². The van der Waals surface area contributed by atoms with E-state index in [2.05, 4.69) is 6.07 Å². The van der Waals surface area contributed by atoms with Crippen LogP contribution in [0, 0.1) is 11.3 Å². The van der Waals surface area contributed by atoms with Gasteiger partial charge in [-0.1, -0.05) is 48.5 Å². The second-order valence-electron chi connectivity index (χ2n) is 6.63. The lowest BCUT2D eigenvalue weighted by Crippen LogP contribution is -2.58. The second-order valence-corrected chi connectivity index (χ2v) is 6.63. The van der Waals surface area contributed by atoms with Gasteiger partial charge in [0.1, 0.15) is 6.07 Å². The van der Waals surface area contributed by atoms with E-state index in [-0.39, 0.29) is 11.8 Å². The largest absolute Gasteiger partial charge is 0.269 e. The molecule has 1 heterocycles. The van der Waals surface area contributed by atoms with E-state index in [4.69, 9.17) is 0 Å². The fourth-order valence-corrected chi connectivity index (χ4v) is 3.55. The molecule has 0 unspecified atom stereocenters. The zero-order valence-corrected chi connectivity index (χ0v) is 15.2. The quantitative estimate of drug-likeness (QED) is 0.681. The van der Waals surface area contributed by atoms with Gasteiger partial charge >= 0.3 is 0 Å². The average Bonchev–Trinajstić information content (AvgIpc) is 3.02. The van der Waals surface area contributed by atoms with Gasteiger partial charge in [0, 0.05) is 11.1 Å². The smallest absolute Gasteiger partial charge is 0.261 e. The van der Waals surface area contributed by atoms with E-state index in [1.807, 2.05) is 12.1 Å². The molecule has 0 atom stereocenters. The van der Waals surface area contributed by atoms with E-state index in [0.29, 0.717) is 22.5 Å². The van der Waals surface area contributed by atoms with Gasteiger partial charge in [0.15, 0.2) is 0 Å². The minimum atomic E-state index is -1.50. The molecule has 3 aromatic carbocycles. The van der Waals surface area contributed by atoms with Gasteiger partial charge < -0.3 is 0 Å². The standard InChI is InChI=1S/C23H17N3O2/c1-23(16-24)25(21(27)17-10-4-2-5-11-17)19-14-8-9-15-20(19)26(23)22(28)18-12-6-3-7-13-18/h2-15H,1H3. The predicted octanol–water partition coefficient (Wildman–Crippen LogP) is 4.23. The molecule has 0 N–H and O–H groups in total. The minimum Gasteiger partial charge on any atom is -0.269 e. The van der Waals surface area contributed by atoms with Crippen LogP contribution in [0.4, 0.5) is 11.4 Å². The van der Waals surface area contributed by atoms with Crippen molar-refractivity contribution in [2.75, 3.05) is 9.80 Å². The number of amides is 2. The van der Waals surface area contributed by atoms with E-state index < -0.39 is 5.66 Å². The van der Waals surface area contributed by atoms with Crippen LogP contribution in [0.25, 0.3) is 0 Å². The summed E-state index contributed by atoms with van der Waals surface area (Å²) in [5.74, 6) is -0.666. The Balaban J connectivity index is 1.89. The average molecular weight is 367 g/mol. The number of rotatable bonds is 2. The fraction of sp³-hybridized carbons (Fsp3) is 0.0870. The highest BCUT2D eigenvalue weighted by molar-refractivity contribution is 6.18. The number of nitrogens with zero attached hydrogens (tertiary/aromatic N) is 3. The minimum absolute atomic E-state index is 0.333.